The van der Waals surface area contributed by atoms with Crippen LogP contribution in [0.5, 0.6) is 11.5 Å². The van der Waals surface area contributed by atoms with E-state index in [1.54, 1.807) is 25.3 Å². The zero-order valence-electron chi connectivity index (χ0n) is 24.4. The first-order valence-electron chi connectivity index (χ1n) is 13.7. The largest absolute Gasteiger partial charge is 0.507 e. The van der Waals surface area contributed by atoms with Crippen molar-refractivity contribution in [3.63, 3.8) is 0 Å². The number of nitrogens with zero attached hydrogens (tertiary/aromatic N) is 1. The van der Waals surface area contributed by atoms with E-state index in [-0.39, 0.29) is 23.3 Å². The molecule has 1 unspecified atom stereocenters. The van der Waals surface area contributed by atoms with E-state index in [4.69, 9.17) is 9.47 Å². The highest BCUT2D eigenvalue weighted by Crippen LogP contribution is 2.41. The Labute approximate surface area is 237 Å². The average molecular weight is 542 g/mol. The van der Waals surface area contributed by atoms with Crippen LogP contribution in [-0.2, 0) is 21.5 Å². The Morgan fingerprint density at radius 1 is 0.975 bits per heavy atom. The number of rotatable bonds is 8. The quantitative estimate of drug-likeness (QED) is 0.190. The Bertz CT molecular complexity index is 1410. The highest BCUT2D eigenvalue weighted by Gasteiger charge is 2.46. The van der Waals surface area contributed by atoms with Gasteiger partial charge in [-0.15, -0.1) is 0 Å². The minimum atomic E-state index is -0.742. The van der Waals surface area contributed by atoms with E-state index >= 15 is 0 Å². The first-order chi connectivity index (χ1) is 18.9. The summed E-state index contributed by atoms with van der Waals surface area (Å²) in [5, 5.41) is 11.5. The topological polar surface area (TPSA) is 76.1 Å². The van der Waals surface area contributed by atoms with E-state index in [1.807, 2.05) is 55.5 Å². The summed E-state index contributed by atoms with van der Waals surface area (Å²) < 4.78 is 11.2. The molecule has 6 heteroatoms. The predicted molar refractivity (Wildman–Crippen MR) is 157 cm³/mol. The Morgan fingerprint density at radius 3 is 2.17 bits per heavy atom. The van der Waals surface area contributed by atoms with Crippen molar-refractivity contribution in [3.05, 3.63) is 100 Å². The van der Waals surface area contributed by atoms with Crippen molar-refractivity contribution in [1.29, 1.82) is 0 Å². The van der Waals surface area contributed by atoms with Gasteiger partial charge in [0.2, 0.25) is 0 Å². The summed E-state index contributed by atoms with van der Waals surface area (Å²) in [5.74, 6) is 0.262. The molecule has 0 radical (unpaired) electrons. The summed E-state index contributed by atoms with van der Waals surface area (Å²) in [6.07, 6.45) is 0. The minimum Gasteiger partial charge on any atom is -0.507 e. The molecule has 1 fully saturated rings. The molecule has 1 aliphatic heterocycles. The summed E-state index contributed by atoms with van der Waals surface area (Å²) >= 11 is 0. The normalized spacial score (nSPS) is 17.0. The number of likely N-dealkylation sites (tertiary alicyclic amines) is 1. The van der Waals surface area contributed by atoms with E-state index in [1.165, 1.54) is 4.90 Å². The summed E-state index contributed by atoms with van der Waals surface area (Å²) in [4.78, 5) is 28.5. The highest BCUT2D eigenvalue weighted by atomic mass is 16.5. The minimum absolute atomic E-state index is 0.0552. The van der Waals surface area contributed by atoms with Crippen molar-refractivity contribution >= 4 is 17.4 Å². The fraction of sp³-hybridized carbons (Fsp3) is 0.353. The molecule has 4 rings (SSSR count). The number of aliphatic hydroxyl groups excluding tert-OH is 1. The second-order valence-corrected chi connectivity index (χ2v) is 11.8. The van der Waals surface area contributed by atoms with Crippen molar-refractivity contribution < 1.29 is 24.2 Å². The molecule has 0 bridgehead atoms. The third kappa shape index (κ3) is 6.06. The summed E-state index contributed by atoms with van der Waals surface area (Å²) in [6, 6.07) is 19.9. The van der Waals surface area contributed by atoms with Crippen LogP contribution in [0.15, 0.2) is 72.3 Å². The zero-order valence-corrected chi connectivity index (χ0v) is 24.4. The number of aliphatic hydroxyl groups is 1. The molecule has 0 aromatic heterocycles. The van der Waals surface area contributed by atoms with Gasteiger partial charge in [-0.25, -0.2) is 0 Å². The fourth-order valence-corrected chi connectivity index (χ4v) is 4.85. The molecule has 0 saturated carbocycles. The molecule has 40 heavy (non-hydrogen) atoms. The van der Waals surface area contributed by atoms with Crippen LogP contribution in [0, 0.1) is 12.8 Å². The Morgan fingerprint density at radius 2 is 1.62 bits per heavy atom. The SMILES string of the molecule is COc1ccc(CN2C(=O)C(=O)/C(=C(\O)c3ccc(OCC(C)C)c(C)c3)C2c2ccc(C(C)(C)C)cc2)cc1. The molecule has 6 nitrogen and oxygen atoms in total. The number of hydrogen-bond acceptors (Lipinski definition) is 5. The average Bonchev–Trinajstić information content (AvgIpc) is 3.16. The lowest BCUT2D eigenvalue weighted by Gasteiger charge is -2.27. The van der Waals surface area contributed by atoms with E-state index in [2.05, 4.69) is 34.6 Å². The van der Waals surface area contributed by atoms with Gasteiger partial charge < -0.3 is 19.5 Å². The van der Waals surface area contributed by atoms with Gasteiger partial charge in [-0.1, -0.05) is 71.0 Å². The van der Waals surface area contributed by atoms with Gasteiger partial charge in [0.1, 0.15) is 17.3 Å². The monoisotopic (exact) mass is 541 g/mol. The first kappa shape index (κ1) is 28.9. The third-order valence-corrected chi connectivity index (χ3v) is 7.16. The van der Waals surface area contributed by atoms with E-state index in [9.17, 15) is 14.7 Å². The Balaban J connectivity index is 1.79. The third-order valence-electron chi connectivity index (χ3n) is 7.16. The molecular formula is C34H39NO5. The number of carbonyl (C=O) groups excluding carboxylic acids is 2. The van der Waals surface area contributed by atoms with Crippen molar-refractivity contribution in [1.82, 2.24) is 4.90 Å². The molecule has 1 N–H and O–H groups in total. The van der Waals surface area contributed by atoms with Crippen LogP contribution in [0.4, 0.5) is 0 Å². The number of aryl methyl sites for hydroxylation is 1. The molecule has 1 saturated heterocycles. The maximum absolute atomic E-state index is 13.5. The summed E-state index contributed by atoms with van der Waals surface area (Å²) in [7, 11) is 1.60. The number of Topliss-reactive ketones (excluding diaryl/α,β-unsaturated/α-hetero) is 1. The number of carbonyl (C=O) groups is 2. The van der Waals surface area contributed by atoms with Crippen LogP contribution in [0.2, 0.25) is 0 Å². The van der Waals surface area contributed by atoms with Crippen LogP contribution in [0.3, 0.4) is 0 Å². The maximum atomic E-state index is 13.5. The second kappa shape index (κ2) is 11.6. The highest BCUT2D eigenvalue weighted by molar-refractivity contribution is 6.46. The molecule has 3 aromatic carbocycles. The van der Waals surface area contributed by atoms with Crippen LogP contribution < -0.4 is 9.47 Å². The molecule has 3 aromatic rings. The van der Waals surface area contributed by atoms with E-state index < -0.39 is 17.7 Å². The lowest BCUT2D eigenvalue weighted by atomic mass is 9.85. The number of hydrogen-bond donors (Lipinski definition) is 1. The lowest BCUT2D eigenvalue weighted by molar-refractivity contribution is -0.140. The van der Waals surface area contributed by atoms with Gasteiger partial charge in [0, 0.05) is 12.1 Å². The molecule has 0 spiro atoms. The van der Waals surface area contributed by atoms with Crippen molar-refractivity contribution in [3.8, 4) is 11.5 Å². The van der Waals surface area contributed by atoms with Crippen molar-refractivity contribution in [2.75, 3.05) is 13.7 Å². The molecule has 0 aliphatic carbocycles. The smallest absolute Gasteiger partial charge is 0.295 e. The molecular weight excluding hydrogens is 502 g/mol. The second-order valence-electron chi connectivity index (χ2n) is 11.8. The summed E-state index contributed by atoms with van der Waals surface area (Å²) in [6.45, 7) is 13.2. The molecule has 1 atom stereocenters. The predicted octanol–water partition coefficient (Wildman–Crippen LogP) is 6.96. The maximum Gasteiger partial charge on any atom is 0.295 e. The van der Waals surface area contributed by atoms with E-state index in [0.717, 1.165) is 28.0 Å². The van der Waals surface area contributed by atoms with Crippen molar-refractivity contribution in [2.45, 2.75) is 59.5 Å². The van der Waals surface area contributed by atoms with Crippen LogP contribution >= 0.6 is 0 Å². The lowest BCUT2D eigenvalue weighted by Crippen LogP contribution is -2.29. The fourth-order valence-electron chi connectivity index (χ4n) is 4.85. The van der Waals surface area contributed by atoms with Gasteiger partial charge in [0.05, 0.1) is 25.3 Å². The van der Waals surface area contributed by atoms with Gasteiger partial charge >= 0.3 is 0 Å². The molecule has 1 amide bonds. The number of benzene rings is 3. The Kier molecular flexibility index (Phi) is 8.38. The Hall–Kier alpha value is -4.06. The van der Waals surface area contributed by atoms with Crippen LogP contribution in [-0.4, -0.2) is 35.4 Å². The number of ketones is 1. The number of amides is 1. The molecule has 210 valence electrons. The van der Waals surface area contributed by atoms with Gasteiger partial charge in [-0.05, 0) is 70.8 Å². The standard InChI is InChI=1S/C34H39NO5/c1-21(2)20-40-28-17-12-25(18-22(28)3)31(36)29-30(24-10-13-26(14-11-24)34(4,5)6)35(33(38)32(29)37)19-23-8-15-27(39-7)16-9-23/h8-18,21,30,36H,19-20H2,1-7H3/b31-29-. The number of methoxy groups -OCH3 is 1. The van der Waals surface area contributed by atoms with Gasteiger partial charge in [0.25, 0.3) is 11.7 Å². The first-order valence-corrected chi connectivity index (χ1v) is 13.7. The molecule has 1 heterocycles. The summed E-state index contributed by atoms with van der Waals surface area (Å²) in [5.41, 5.74) is 4.07. The van der Waals surface area contributed by atoms with Crippen LogP contribution in [0.25, 0.3) is 5.76 Å². The molecule has 1 aliphatic rings. The van der Waals surface area contributed by atoms with Crippen molar-refractivity contribution in [2.24, 2.45) is 5.92 Å². The van der Waals surface area contributed by atoms with Crippen LogP contribution in [0.1, 0.15) is 68.5 Å². The van der Waals surface area contributed by atoms with Gasteiger partial charge in [0.15, 0.2) is 0 Å². The number of ether oxygens (including phenoxy) is 2. The zero-order chi connectivity index (χ0) is 29.2. The van der Waals surface area contributed by atoms with Gasteiger partial charge in [-0.3, -0.25) is 9.59 Å². The van der Waals surface area contributed by atoms with E-state index in [0.29, 0.717) is 23.8 Å². The van der Waals surface area contributed by atoms with Gasteiger partial charge in [-0.2, -0.15) is 0 Å².